The molecule has 0 fully saturated rings. The van der Waals surface area contributed by atoms with Crippen LogP contribution in [0.3, 0.4) is 0 Å². The van der Waals surface area contributed by atoms with Crippen molar-refractivity contribution in [2.45, 2.75) is 0 Å². The van der Waals surface area contributed by atoms with E-state index in [0.717, 1.165) is 14.1 Å². The molecule has 2 aromatic rings. The molecule has 1 N–H and O–H groups in total. The molecule has 0 unspecified atom stereocenters. The predicted molar refractivity (Wildman–Crippen MR) is 81.5 cm³/mol. The van der Waals surface area contributed by atoms with E-state index in [4.69, 9.17) is 1.37 Å². The molecule has 4 heteroatoms. The molecule has 0 saturated heterocycles. The van der Waals surface area contributed by atoms with Gasteiger partial charge in [-0.25, -0.2) is 0 Å². The Bertz CT molecular complexity index is 577. The van der Waals surface area contributed by atoms with E-state index < -0.39 is 0 Å². The summed E-state index contributed by atoms with van der Waals surface area (Å²) >= 11 is 3.59. The summed E-state index contributed by atoms with van der Waals surface area (Å²) in [5.41, 5.74) is 0.784. The van der Waals surface area contributed by atoms with Crippen molar-refractivity contribution in [2.24, 2.45) is 0 Å². The van der Waals surface area contributed by atoms with Crippen LogP contribution in [0.4, 0.5) is 5.69 Å². The number of hydrogen-bond acceptors (Lipinski definition) is 2. The lowest BCUT2D eigenvalue weighted by Gasteiger charge is -2.03. The number of carbonyl (C=O) groups excluding carboxylic acids is 1. The van der Waals surface area contributed by atoms with Gasteiger partial charge in [0.2, 0.25) is 0 Å². The minimum atomic E-state index is -0.120. The van der Waals surface area contributed by atoms with E-state index in [1.54, 1.807) is 12.1 Å². The largest absolute Gasteiger partial charge is 0.321 e. The second-order valence-electron chi connectivity index (χ2n) is 3.33. The molecule has 2 rings (SSSR count). The first-order valence-corrected chi connectivity index (χ1v) is 6.80. The molecule has 86 valence electrons. The highest BCUT2D eigenvalue weighted by atomic mass is 127. The van der Waals surface area contributed by atoms with Crippen LogP contribution in [-0.2, 0) is 0 Å². The highest BCUT2D eigenvalue weighted by Crippen LogP contribution is 2.19. The number of carbonyl (C=O) groups is 1. The number of anilines is 1. The van der Waals surface area contributed by atoms with E-state index in [1.165, 1.54) is 17.9 Å². The van der Waals surface area contributed by atoms with Crippen LogP contribution >= 0.6 is 33.9 Å². The SMILES string of the molecule is [2H]C=Cc1ccc(C(=O)Nc2ccc(I)cc2)s1. The molecule has 1 aromatic heterocycles. The summed E-state index contributed by atoms with van der Waals surface area (Å²) in [5, 5.41) is 2.84. The molecule has 1 heterocycles. The third kappa shape index (κ3) is 3.17. The monoisotopic (exact) mass is 356 g/mol. The van der Waals surface area contributed by atoms with Crippen molar-refractivity contribution in [1.82, 2.24) is 0 Å². The van der Waals surface area contributed by atoms with Gasteiger partial charge in [0.15, 0.2) is 0 Å². The molecule has 0 atom stereocenters. The van der Waals surface area contributed by atoms with Gasteiger partial charge in [-0.05, 0) is 59.0 Å². The van der Waals surface area contributed by atoms with E-state index in [9.17, 15) is 4.79 Å². The van der Waals surface area contributed by atoms with Crippen LogP contribution in [0.1, 0.15) is 15.9 Å². The van der Waals surface area contributed by atoms with Crippen molar-refractivity contribution in [3.63, 3.8) is 0 Å². The molecule has 0 bridgehead atoms. The van der Waals surface area contributed by atoms with E-state index in [-0.39, 0.29) is 5.91 Å². The van der Waals surface area contributed by atoms with Crippen molar-refractivity contribution in [3.05, 3.63) is 56.3 Å². The number of amides is 1. The number of nitrogens with one attached hydrogen (secondary N) is 1. The van der Waals surface area contributed by atoms with Crippen LogP contribution in [0.25, 0.3) is 6.08 Å². The van der Waals surface area contributed by atoms with Crippen molar-refractivity contribution < 1.29 is 6.17 Å². The Morgan fingerprint density at radius 2 is 2.12 bits per heavy atom. The highest BCUT2D eigenvalue weighted by molar-refractivity contribution is 14.1. The summed E-state index contributed by atoms with van der Waals surface area (Å²) in [6.45, 7) is 1.21. The molecular formula is C13H10INOS. The summed E-state index contributed by atoms with van der Waals surface area (Å²) in [6, 6.07) is 11.2. The quantitative estimate of drug-likeness (QED) is 0.819. The fraction of sp³-hybridized carbons (Fsp3) is 0. The molecular weight excluding hydrogens is 345 g/mol. The third-order valence-electron chi connectivity index (χ3n) is 2.12. The summed E-state index contributed by atoms with van der Waals surface area (Å²) < 4.78 is 8.11. The van der Waals surface area contributed by atoms with Crippen LogP contribution in [0.5, 0.6) is 0 Å². The van der Waals surface area contributed by atoms with Gasteiger partial charge in [0.1, 0.15) is 0 Å². The van der Waals surface area contributed by atoms with Crippen molar-refractivity contribution in [1.29, 1.82) is 0 Å². The maximum absolute atomic E-state index is 11.9. The molecule has 0 aliphatic carbocycles. The first-order chi connectivity index (χ1) is 8.69. The first kappa shape index (κ1) is 11.0. The van der Waals surface area contributed by atoms with Crippen molar-refractivity contribution in [2.75, 3.05) is 5.32 Å². The minimum absolute atomic E-state index is 0.120. The number of rotatable bonds is 3. The Morgan fingerprint density at radius 1 is 1.35 bits per heavy atom. The van der Waals surface area contributed by atoms with Gasteiger partial charge in [0.05, 0.1) is 6.25 Å². The van der Waals surface area contributed by atoms with E-state index >= 15 is 0 Å². The lowest BCUT2D eigenvalue weighted by Crippen LogP contribution is -2.09. The van der Waals surface area contributed by atoms with E-state index in [0.29, 0.717) is 4.88 Å². The Balaban J connectivity index is 2.09. The average Bonchev–Trinajstić information content (AvgIpc) is 2.81. The summed E-state index contributed by atoms with van der Waals surface area (Å²) in [7, 11) is 0. The fourth-order valence-electron chi connectivity index (χ4n) is 1.29. The zero-order valence-corrected chi connectivity index (χ0v) is 11.8. The van der Waals surface area contributed by atoms with Crippen molar-refractivity contribution >= 4 is 51.6 Å². The Kier molecular flexibility index (Phi) is 3.53. The molecule has 17 heavy (non-hydrogen) atoms. The van der Waals surface area contributed by atoms with Crippen molar-refractivity contribution in [3.8, 4) is 0 Å². The molecule has 1 aromatic carbocycles. The number of thiophene rings is 1. The van der Waals surface area contributed by atoms with Gasteiger partial charge in [-0.1, -0.05) is 12.6 Å². The summed E-state index contributed by atoms with van der Waals surface area (Å²) in [5.74, 6) is -0.120. The predicted octanol–water partition coefficient (Wildman–Crippen LogP) is 4.25. The molecule has 0 aliphatic rings. The van der Waals surface area contributed by atoms with Crippen LogP contribution in [0.2, 0.25) is 0 Å². The summed E-state index contributed by atoms with van der Waals surface area (Å²) in [4.78, 5) is 13.5. The number of benzene rings is 1. The highest BCUT2D eigenvalue weighted by Gasteiger charge is 2.08. The zero-order valence-electron chi connectivity index (χ0n) is 9.81. The van der Waals surface area contributed by atoms with Crippen LogP contribution in [0, 0.1) is 3.57 Å². The Hall–Kier alpha value is -1.14. The second kappa shape index (κ2) is 5.46. The molecule has 2 nitrogen and oxygen atoms in total. The van der Waals surface area contributed by atoms with E-state index in [2.05, 4.69) is 27.9 Å². The topological polar surface area (TPSA) is 29.1 Å². The van der Waals surface area contributed by atoms with Crippen LogP contribution in [0.15, 0.2) is 43.0 Å². The number of hydrogen-bond donors (Lipinski definition) is 1. The van der Waals surface area contributed by atoms with Crippen LogP contribution in [-0.4, -0.2) is 5.91 Å². The van der Waals surface area contributed by atoms with Gasteiger partial charge in [0.25, 0.3) is 5.91 Å². The molecule has 0 radical (unpaired) electrons. The zero-order chi connectivity index (χ0) is 13.0. The normalized spacial score (nSPS) is 11.5. The Labute approximate surface area is 119 Å². The first-order valence-electron chi connectivity index (χ1n) is 5.48. The molecule has 1 amide bonds. The van der Waals surface area contributed by atoms with Gasteiger partial charge in [-0.2, -0.15) is 0 Å². The van der Waals surface area contributed by atoms with Gasteiger partial charge < -0.3 is 5.32 Å². The average molecular weight is 356 g/mol. The van der Waals surface area contributed by atoms with Gasteiger partial charge >= 0.3 is 0 Å². The lowest BCUT2D eigenvalue weighted by atomic mass is 10.3. The lowest BCUT2D eigenvalue weighted by molar-refractivity contribution is 0.103. The molecule has 0 saturated carbocycles. The fourth-order valence-corrected chi connectivity index (χ4v) is 2.39. The smallest absolute Gasteiger partial charge is 0.265 e. The van der Waals surface area contributed by atoms with Gasteiger partial charge in [0, 0.05) is 14.1 Å². The number of halogens is 1. The Morgan fingerprint density at radius 3 is 2.82 bits per heavy atom. The standard InChI is InChI=1S/C13H10INOS/c1-2-11-7-8-12(17-11)13(16)15-10-5-3-9(14)4-6-10/h2-8H,1H2,(H,15,16)/i1D. The summed E-state index contributed by atoms with van der Waals surface area (Å²) in [6.07, 6.45) is 1.66. The van der Waals surface area contributed by atoms with Gasteiger partial charge in [-0.3, -0.25) is 4.79 Å². The van der Waals surface area contributed by atoms with E-state index in [1.807, 2.05) is 30.3 Å². The third-order valence-corrected chi connectivity index (χ3v) is 3.89. The second-order valence-corrected chi connectivity index (χ2v) is 5.69. The maximum atomic E-state index is 11.9. The molecule has 0 aliphatic heterocycles. The van der Waals surface area contributed by atoms with Gasteiger partial charge in [-0.15, -0.1) is 11.3 Å². The molecule has 0 spiro atoms. The minimum Gasteiger partial charge on any atom is -0.321 e. The maximum Gasteiger partial charge on any atom is 0.265 e. The van der Waals surface area contributed by atoms with Crippen LogP contribution < -0.4 is 5.32 Å².